The van der Waals surface area contributed by atoms with Crippen LogP contribution in [0.1, 0.15) is 68.9 Å². The predicted octanol–water partition coefficient (Wildman–Crippen LogP) is 4.44. The maximum absolute atomic E-state index is 6.00. The van der Waals surface area contributed by atoms with Gasteiger partial charge in [0.2, 0.25) is 0 Å². The first-order valence-electron chi connectivity index (χ1n) is 6.57. The van der Waals surface area contributed by atoms with Gasteiger partial charge in [0.05, 0.1) is 0 Å². The van der Waals surface area contributed by atoms with E-state index in [-0.39, 0.29) is 0 Å². The number of rotatable bonds is 2. The van der Waals surface area contributed by atoms with Crippen LogP contribution in [0.25, 0.3) is 0 Å². The molecular formula is C15H23N. The SMILES string of the molecule is CC(C)c1cc(N)cc(C2CCCCC2)c1. The fraction of sp³-hybridized carbons (Fsp3) is 0.600. The van der Waals surface area contributed by atoms with Crippen molar-refractivity contribution in [3.05, 3.63) is 29.3 Å². The van der Waals surface area contributed by atoms with Crippen LogP contribution in [0.4, 0.5) is 5.69 Å². The Kier molecular flexibility index (Phi) is 3.52. The van der Waals surface area contributed by atoms with Gasteiger partial charge in [-0.3, -0.25) is 0 Å². The molecule has 0 unspecified atom stereocenters. The molecule has 88 valence electrons. The highest BCUT2D eigenvalue weighted by atomic mass is 14.5. The van der Waals surface area contributed by atoms with Crippen LogP contribution in [0, 0.1) is 0 Å². The van der Waals surface area contributed by atoms with Gasteiger partial charge in [0.15, 0.2) is 0 Å². The van der Waals surface area contributed by atoms with Crippen LogP contribution < -0.4 is 5.73 Å². The zero-order valence-corrected chi connectivity index (χ0v) is 10.5. The Hall–Kier alpha value is -0.980. The van der Waals surface area contributed by atoms with Gasteiger partial charge in [0, 0.05) is 5.69 Å². The van der Waals surface area contributed by atoms with E-state index in [4.69, 9.17) is 5.73 Å². The highest BCUT2D eigenvalue weighted by Gasteiger charge is 2.16. The lowest BCUT2D eigenvalue weighted by Gasteiger charge is -2.23. The van der Waals surface area contributed by atoms with E-state index in [0.717, 1.165) is 11.6 Å². The summed E-state index contributed by atoms with van der Waals surface area (Å²) >= 11 is 0. The van der Waals surface area contributed by atoms with Crippen molar-refractivity contribution in [2.45, 2.75) is 57.8 Å². The van der Waals surface area contributed by atoms with E-state index in [2.05, 4.69) is 32.0 Å². The lowest BCUT2D eigenvalue weighted by atomic mass is 9.82. The normalized spacial score (nSPS) is 17.9. The molecule has 1 aliphatic rings. The first-order chi connectivity index (χ1) is 7.66. The number of anilines is 1. The van der Waals surface area contributed by atoms with E-state index in [9.17, 15) is 0 Å². The molecule has 0 bridgehead atoms. The zero-order valence-electron chi connectivity index (χ0n) is 10.5. The van der Waals surface area contributed by atoms with Crippen molar-refractivity contribution in [3.63, 3.8) is 0 Å². The van der Waals surface area contributed by atoms with Gasteiger partial charge in [-0.25, -0.2) is 0 Å². The van der Waals surface area contributed by atoms with Crippen molar-refractivity contribution in [3.8, 4) is 0 Å². The molecule has 1 saturated carbocycles. The third-order valence-electron chi connectivity index (χ3n) is 3.74. The van der Waals surface area contributed by atoms with Crippen molar-refractivity contribution in [2.75, 3.05) is 5.73 Å². The van der Waals surface area contributed by atoms with Crippen molar-refractivity contribution in [2.24, 2.45) is 0 Å². The highest BCUT2D eigenvalue weighted by molar-refractivity contribution is 5.46. The summed E-state index contributed by atoms with van der Waals surface area (Å²) in [6, 6.07) is 6.68. The van der Waals surface area contributed by atoms with Gasteiger partial charge in [-0.05, 0) is 47.9 Å². The van der Waals surface area contributed by atoms with Crippen molar-refractivity contribution < 1.29 is 0 Å². The maximum atomic E-state index is 6.00. The molecule has 0 aromatic heterocycles. The second-order valence-corrected chi connectivity index (χ2v) is 5.42. The van der Waals surface area contributed by atoms with E-state index in [1.165, 1.54) is 43.2 Å². The van der Waals surface area contributed by atoms with Crippen LogP contribution in [0.15, 0.2) is 18.2 Å². The summed E-state index contributed by atoms with van der Waals surface area (Å²) < 4.78 is 0. The number of nitrogens with two attached hydrogens (primary N) is 1. The van der Waals surface area contributed by atoms with E-state index in [1.54, 1.807) is 0 Å². The number of hydrogen-bond acceptors (Lipinski definition) is 1. The molecule has 1 aromatic carbocycles. The Balaban J connectivity index is 2.25. The third-order valence-corrected chi connectivity index (χ3v) is 3.74. The Morgan fingerprint density at radius 2 is 1.75 bits per heavy atom. The van der Waals surface area contributed by atoms with Crippen molar-refractivity contribution in [1.29, 1.82) is 0 Å². The van der Waals surface area contributed by atoms with Gasteiger partial charge in [-0.1, -0.05) is 39.2 Å². The zero-order chi connectivity index (χ0) is 11.5. The van der Waals surface area contributed by atoms with Crippen LogP contribution >= 0.6 is 0 Å². The number of nitrogen functional groups attached to an aromatic ring is 1. The Morgan fingerprint density at radius 1 is 1.06 bits per heavy atom. The van der Waals surface area contributed by atoms with Gasteiger partial charge in [0.1, 0.15) is 0 Å². The molecule has 0 radical (unpaired) electrons. The Bertz CT molecular complexity index is 348. The second-order valence-electron chi connectivity index (χ2n) is 5.42. The van der Waals surface area contributed by atoms with Crippen LogP contribution in [0.2, 0.25) is 0 Å². The second kappa shape index (κ2) is 4.90. The van der Waals surface area contributed by atoms with E-state index >= 15 is 0 Å². The standard InChI is InChI=1S/C15H23N/c1-11(2)13-8-14(10-15(16)9-13)12-6-4-3-5-7-12/h8-12H,3-7,16H2,1-2H3. The fourth-order valence-corrected chi connectivity index (χ4v) is 2.71. The lowest BCUT2D eigenvalue weighted by Crippen LogP contribution is -2.06. The molecule has 16 heavy (non-hydrogen) atoms. The maximum Gasteiger partial charge on any atom is 0.0319 e. The molecule has 0 spiro atoms. The van der Waals surface area contributed by atoms with Gasteiger partial charge < -0.3 is 5.73 Å². The first kappa shape index (κ1) is 11.5. The average Bonchev–Trinajstić information content (AvgIpc) is 2.29. The summed E-state index contributed by atoms with van der Waals surface area (Å²) in [6.07, 6.45) is 6.88. The molecule has 1 aromatic rings. The molecule has 0 amide bonds. The summed E-state index contributed by atoms with van der Waals surface area (Å²) in [5.74, 6) is 1.33. The summed E-state index contributed by atoms with van der Waals surface area (Å²) in [4.78, 5) is 0. The van der Waals surface area contributed by atoms with Crippen molar-refractivity contribution >= 4 is 5.69 Å². The van der Waals surface area contributed by atoms with Crippen LogP contribution in [-0.4, -0.2) is 0 Å². The van der Waals surface area contributed by atoms with Crippen LogP contribution in [0.5, 0.6) is 0 Å². The monoisotopic (exact) mass is 217 g/mol. The molecule has 1 nitrogen and oxygen atoms in total. The average molecular weight is 217 g/mol. The first-order valence-corrected chi connectivity index (χ1v) is 6.57. The third kappa shape index (κ3) is 2.58. The highest BCUT2D eigenvalue weighted by Crippen LogP contribution is 2.34. The molecule has 1 heteroatoms. The fourth-order valence-electron chi connectivity index (χ4n) is 2.71. The summed E-state index contributed by atoms with van der Waals surface area (Å²) in [7, 11) is 0. The van der Waals surface area contributed by atoms with Gasteiger partial charge in [-0.15, -0.1) is 0 Å². The summed E-state index contributed by atoms with van der Waals surface area (Å²) in [6.45, 7) is 4.47. The molecule has 2 N–H and O–H groups in total. The van der Waals surface area contributed by atoms with Gasteiger partial charge in [0.25, 0.3) is 0 Å². The largest absolute Gasteiger partial charge is 0.399 e. The Labute approximate surface area is 99.0 Å². The lowest BCUT2D eigenvalue weighted by molar-refractivity contribution is 0.443. The smallest absolute Gasteiger partial charge is 0.0319 e. The van der Waals surface area contributed by atoms with Crippen LogP contribution in [0.3, 0.4) is 0 Å². The summed E-state index contributed by atoms with van der Waals surface area (Å²) in [5, 5.41) is 0. The topological polar surface area (TPSA) is 26.0 Å². The van der Waals surface area contributed by atoms with E-state index in [1.807, 2.05) is 0 Å². The quantitative estimate of drug-likeness (QED) is 0.728. The molecule has 0 aliphatic heterocycles. The molecule has 1 fully saturated rings. The molecule has 0 atom stereocenters. The minimum absolute atomic E-state index is 0.575. The van der Waals surface area contributed by atoms with Gasteiger partial charge in [-0.2, -0.15) is 0 Å². The van der Waals surface area contributed by atoms with E-state index in [0.29, 0.717) is 5.92 Å². The molecule has 0 heterocycles. The summed E-state index contributed by atoms with van der Waals surface area (Å²) in [5.41, 5.74) is 9.81. The minimum Gasteiger partial charge on any atom is -0.399 e. The van der Waals surface area contributed by atoms with Gasteiger partial charge >= 0.3 is 0 Å². The Morgan fingerprint density at radius 3 is 2.38 bits per heavy atom. The number of benzene rings is 1. The minimum atomic E-state index is 0.575. The molecular weight excluding hydrogens is 194 g/mol. The van der Waals surface area contributed by atoms with Crippen LogP contribution in [-0.2, 0) is 0 Å². The van der Waals surface area contributed by atoms with Crippen molar-refractivity contribution in [1.82, 2.24) is 0 Å². The molecule has 0 saturated heterocycles. The molecule has 2 rings (SSSR count). The molecule has 1 aliphatic carbocycles. The predicted molar refractivity (Wildman–Crippen MR) is 70.8 cm³/mol. The number of hydrogen-bond donors (Lipinski definition) is 1. The van der Waals surface area contributed by atoms with E-state index < -0.39 is 0 Å².